The van der Waals surface area contributed by atoms with Gasteiger partial charge in [0.25, 0.3) is 0 Å². The van der Waals surface area contributed by atoms with E-state index in [9.17, 15) is 13.2 Å². The number of aliphatic carboxylic acids is 1. The Morgan fingerprint density at radius 2 is 1.86 bits per heavy atom. The molecule has 0 aliphatic heterocycles. The van der Waals surface area contributed by atoms with Crippen LogP contribution in [0.25, 0.3) is 0 Å². The molecule has 0 radical (unpaired) electrons. The van der Waals surface area contributed by atoms with Crippen molar-refractivity contribution in [1.29, 1.82) is 0 Å². The highest BCUT2D eigenvalue weighted by Gasteiger charge is 2.25. The van der Waals surface area contributed by atoms with Gasteiger partial charge in [-0.1, -0.05) is 19.8 Å². The average Bonchev–Trinajstić information content (AvgIpc) is 2.42. The molecule has 0 saturated carbocycles. The van der Waals surface area contributed by atoms with E-state index in [2.05, 4.69) is 4.72 Å². The lowest BCUT2D eigenvalue weighted by Crippen LogP contribution is -2.40. The minimum absolute atomic E-state index is 0.0473. The van der Waals surface area contributed by atoms with Crippen molar-refractivity contribution in [3.8, 4) is 5.75 Å². The third-order valence-electron chi connectivity index (χ3n) is 3.39. The van der Waals surface area contributed by atoms with Gasteiger partial charge < -0.3 is 9.84 Å². The third-order valence-corrected chi connectivity index (χ3v) is 4.84. The molecule has 0 aliphatic carbocycles. The second-order valence-corrected chi connectivity index (χ2v) is 6.96. The number of ether oxygens (including phenoxy) is 1. The summed E-state index contributed by atoms with van der Waals surface area (Å²) in [6.45, 7) is 5.41. The first-order valence-corrected chi connectivity index (χ1v) is 8.61. The van der Waals surface area contributed by atoms with E-state index in [0.29, 0.717) is 23.3 Å². The van der Waals surface area contributed by atoms with Gasteiger partial charge in [0.1, 0.15) is 11.8 Å². The fourth-order valence-corrected chi connectivity index (χ4v) is 3.68. The third kappa shape index (κ3) is 4.45. The van der Waals surface area contributed by atoms with Gasteiger partial charge in [0.15, 0.2) is 0 Å². The molecule has 0 bridgehead atoms. The summed E-state index contributed by atoms with van der Waals surface area (Å²) in [5.41, 5.74) is 1.37. The minimum atomic E-state index is -3.89. The molecule has 0 saturated heterocycles. The van der Waals surface area contributed by atoms with Crippen LogP contribution in [0.5, 0.6) is 5.75 Å². The van der Waals surface area contributed by atoms with Gasteiger partial charge in [0.2, 0.25) is 10.0 Å². The Morgan fingerprint density at radius 1 is 1.32 bits per heavy atom. The van der Waals surface area contributed by atoms with Gasteiger partial charge in [-0.25, -0.2) is 8.42 Å². The normalized spacial score (nSPS) is 12.9. The van der Waals surface area contributed by atoms with E-state index in [1.54, 1.807) is 13.8 Å². The second kappa shape index (κ2) is 7.60. The summed E-state index contributed by atoms with van der Waals surface area (Å²) >= 11 is 0. The van der Waals surface area contributed by atoms with Crippen LogP contribution >= 0.6 is 0 Å². The number of carboxylic acids is 1. The zero-order valence-corrected chi connectivity index (χ0v) is 14.2. The van der Waals surface area contributed by atoms with Crippen LogP contribution in [0.2, 0.25) is 0 Å². The molecule has 0 heterocycles. The van der Waals surface area contributed by atoms with E-state index in [0.717, 1.165) is 6.42 Å². The number of methoxy groups -OCH3 is 1. The fraction of sp³-hybridized carbons (Fsp3) is 0.533. The molecule has 0 fully saturated rings. The van der Waals surface area contributed by atoms with E-state index in [1.165, 1.54) is 19.2 Å². The summed E-state index contributed by atoms with van der Waals surface area (Å²) in [6.07, 6.45) is 1.70. The quantitative estimate of drug-likeness (QED) is 0.763. The maximum absolute atomic E-state index is 12.4. The molecule has 1 aromatic carbocycles. The van der Waals surface area contributed by atoms with Crippen molar-refractivity contribution in [2.75, 3.05) is 7.11 Å². The summed E-state index contributed by atoms with van der Waals surface area (Å²) in [5, 5.41) is 9.15. The van der Waals surface area contributed by atoms with Crippen molar-refractivity contribution < 1.29 is 23.1 Å². The molecule has 1 rings (SSSR count). The number of hydrogen-bond acceptors (Lipinski definition) is 4. The van der Waals surface area contributed by atoms with Crippen LogP contribution in [0, 0.1) is 13.8 Å². The highest BCUT2D eigenvalue weighted by atomic mass is 32.2. The number of carboxylic acid groups (broad SMARTS) is 1. The summed E-state index contributed by atoms with van der Waals surface area (Å²) < 4.78 is 32.3. The SMILES string of the molecule is CCCCC(NS(=O)(=O)c1cc(C)c(OC)c(C)c1)C(=O)O. The number of nitrogens with one attached hydrogen (secondary N) is 1. The average molecular weight is 329 g/mol. The first kappa shape index (κ1) is 18.4. The molecule has 0 spiro atoms. The van der Waals surface area contributed by atoms with Gasteiger partial charge >= 0.3 is 5.97 Å². The number of hydrogen-bond donors (Lipinski definition) is 2. The number of sulfonamides is 1. The first-order valence-electron chi connectivity index (χ1n) is 7.13. The van der Waals surface area contributed by atoms with Crippen LogP contribution in [-0.2, 0) is 14.8 Å². The van der Waals surface area contributed by atoms with Crippen molar-refractivity contribution in [3.63, 3.8) is 0 Å². The molecule has 1 aromatic rings. The van der Waals surface area contributed by atoms with Crippen molar-refractivity contribution in [2.24, 2.45) is 0 Å². The summed E-state index contributed by atoms with van der Waals surface area (Å²) in [6, 6.07) is 1.84. The lowest BCUT2D eigenvalue weighted by molar-refractivity contribution is -0.139. The Kier molecular flexibility index (Phi) is 6.37. The summed E-state index contributed by atoms with van der Waals surface area (Å²) in [5.74, 6) is -0.543. The van der Waals surface area contributed by atoms with E-state index in [4.69, 9.17) is 9.84 Å². The highest BCUT2D eigenvalue weighted by molar-refractivity contribution is 7.89. The second-order valence-electron chi connectivity index (χ2n) is 5.24. The molecule has 6 nitrogen and oxygen atoms in total. The van der Waals surface area contributed by atoms with Gasteiger partial charge in [0, 0.05) is 0 Å². The highest BCUT2D eigenvalue weighted by Crippen LogP contribution is 2.26. The standard InChI is InChI=1S/C15H23NO5S/c1-5-6-7-13(15(17)18)16-22(19,20)12-8-10(2)14(21-4)11(3)9-12/h8-9,13,16H,5-7H2,1-4H3,(H,17,18). The predicted octanol–water partition coefficient (Wildman–Crippen LogP) is 2.23. The zero-order valence-electron chi connectivity index (χ0n) is 13.3. The van der Waals surface area contributed by atoms with Crippen LogP contribution in [0.1, 0.15) is 37.3 Å². The molecule has 1 unspecified atom stereocenters. The molecule has 1 atom stereocenters. The lowest BCUT2D eigenvalue weighted by Gasteiger charge is -2.16. The van der Waals surface area contributed by atoms with Gasteiger partial charge in [-0.05, 0) is 43.5 Å². The molecular weight excluding hydrogens is 306 g/mol. The summed E-state index contributed by atoms with van der Waals surface area (Å²) in [7, 11) is -2.37. The smallest absolute Gasteiger partial charge is 0.321 e. The van der Waals surface area contributed by atoms with Crippen molar-refractivity contribution in [3.05, 3.63) is 23.3 Å². The molecular formula is C15H23NO5S. The van der Waals surface area contributed by atoms with Crippen LogP contribution in [0.3, 0.4) is 0 Å². The molecule has 0 amide bonds. The Labute approximate surface area is 131 Å². The molecule has 22 heavy (non-hydrogen) atoms. The van der Waals surface area contributed by atoms with Crippen molar-refractivity contribution in [1.82, 2.24) is 4.72 Å². The van der Waals surface area contributed by atoms with E-state index in [-0.39, 0.29) is 11.3 Å². The predicted molar refractivity (Wildman–Crippen MR) is 83.7 cm³/mol. The Bertz CT molecular complexity index is 616. The number of carbonyl (C=O) groups is 1. The number of aryl methyl sites for hydroxylation is 2. The van der Waals surface area contributed by atoms with Gasteiger partial charge in [0.05, 0.1) is 12.0 Å². The number of unbranched alkanes of at least 4 members (excludes halogenated alkanes) is 1. The molecule has 124 valence electrons. The topological polar surface area (TPSA) is 92.7 Å². The van der Waals surface area contributed by atoms with Gasteiger partial charge in [-0.3, -0.25) is 4.79 Å². The first-order chi connectivity index (χ1) is 10.2. The molecule has 7 heteroatoms. The number of rotatable bonds is 8. The lowest BCUT2D eigenvalue weighted by atomic mass is 10.1. The van der Waals surface area contributed by atoms with Crippen LogP contribution < -0.4 is 9.46 Å². The zero-order chi connectivity index (χ0) is 16.9. The van der Waals surface area contributed by atoms with Crippen molar-refractivity contribution in [2.45, 2.75) is 51.0 Å². The maximum atomic E-state index is 12.4. The molecule has 2 N–H and O–H groups in total. The summed E-state index contributed by atoms with van der Waals surface area (Å²) in [4.78, 5) is 11.2. The van der Waals surface area contributed by atoms with Gasteiger partial charge in [-0.15, -0.1) is 0 Å². The van der Waals surface area contributed by atoms with Crippen LogP contribution in [0.4, 0.5) is 0 Å². The fourth-order valence-electron chi connectivity index (χ4n) is 2.28. The monoisotopic (exact) mass is 329 g/mol. The van der Waals surface area contributed by atoms with E-state index in [1.807, 2.05) is 6.92 Å². The Morgan fingerprint density at radius 3 is 2.27 bits per heavy atom. The van der Waals surface area contributed by atoms with Crippen LogP contribution in [-0.4, -0.2) is 32.6 Å². The Balaban J connectivity index is 3.10. The largest absolute Gasteiger partial charge is 0.496 e. The van der Waals surface area contributed by atoms with Gasteiger partial charge in [-0.2, -0.15) is 4.72 Å². The molecule has 0 aliphatic rings. The maximum Gasteiger partial charge on any atom is 0.321 e. The minimum Gasteiger partial charge on any atom is -0.496 e. The van der Waals surface area contributed by atoms with Crippen molar-refractivity contribution >= 4 is 16.0 Å². The van der Waals surface area contributed by atoms with Crippen LogP contribution in [0.15, 0.2) is 17.0 Å². The molecule has 0 aromatic heterocycles. The van der Waals surface area contributed by atoms with E-state index < -0.39 is 22.0 Å². The van der Waals surface area contributed by atoms with E-state index >= 15 is 0 Å². The number of benzene rings is 1. The Hall–Kier alpha value is -1.60.